The molecule has 0 unspecified atom stereocenters. The second-order valence-corrected chi connectivity index (χ2v) is 8.18. The third-order valence-electron chi connectivity index (χ3n) is 5.30. The van der Waals surface area contributed by atoms with E-state index in [9.17, 15) is 0 Å². The van der Waals surface area contributed by atoms with Crippen LogP contribution < -0.4 is 0 Å². The molecule has 1 atom stereocenters. The van der Waals surface area contributed by atoms with Gasteiger partial charge in [-0.1, -0.05) is 58.7 Å². The molecule has 0 saturated carbocycles. The Labute approximate surface area is 157 Å². The summed E-state index contributed by atoms with van der Waals surface area (Å²) in [4.78, 5) is 0. The zero-order chi connectivity index (χ0) is 18.7. The van der Waals surface area contributed by atoms with Gasteiger partial charge in [-0.05, 0) is 98.3 Å². The maximum Gasteiger partial charge on any atom is -0.0168 e. The summed E-state index contributed by atoms with van der Waals surface area (Å²) in [5, 5.41) is 0. The Bertz CT molecular complexity index is 532. The molecule has 0 aromatic rings. The van der Waals surface area contributed by atoms with Gasteiger partial charge < -0.3 is 0 Å². The van der Waals surface area contributed by atoms with Gasteiger partial charge in [0.25, 0.3) is 0 Å². The highest BCUT2D eigenvalue weighted by Gasteiger charge is 2.12. The predicted octanol–water partition coefficient (Wildman–Crippen LogP) is 8.49. The second kappa shape index (κ2) is 12.1. The van der Waals surface area contributed by atoms with Gasteiger partial charge in [0.05, 0.1) is 0 Å². The number of hydrogen-bond acceptors (Lipinski definition) is 0. The largest absolute Gasteiger partial charge is 0.0996 e. The summed E-state index contributed by atoms with van der Waals surface area (Å²) in [5.41, 5.74) is 7.48. The topological polar surface area (TPSA) is 0 Å². The van der Waals surface area contributed by atoms with Gasteiger partial charge in [0.2, 0.25) is 0 Å². The molecule has 25 heavy (non-hydrogen) atoms. The lowest BCUT2D eigenvalue weighted by molar-refractivity contribution is 0.545. The smallest absolute Gasteiger partial charge is 0.0168 e. The first-order valence-corrected chi connectivity index (χ1v) is 10.2. The minimum Gasteiger partial charge on any atom is -0.0996 e. The van der Waals surface area contributed by atoms with Crippen molar-refractivity contribution in [2.24, 2.45) is 5.92 Å². The molecule has 0 bridgehead atoms. The third kappa shape index (κ3) is 10.3. The molecule has 0 saturated heterocycles. The molecule has 0 heteroatoms. The third-order valence-corrected chi connectivity index (χ3v) is 5.30. The Balaban J connectivity index is 2.78. The molecule has 1 rings (SSSR count). The summed E-state index contributed by atoms with van der Waals surface area (Å²) in [6.45, 7) is 15.7. The van der Waals surface area contributed by atoms with Crippen LogP contribution in [0.5, 0.6) is 0 Å². The molecule has 0 fully saturated rings. The van der Waals surface area contributed by atoms with Gasteiger partial charge in [0.1, 0.15) is 0 Å². The zero-order valence-electron chi connectivity index (χ0n) is 17.5. The normalized spacial score (nSPS) is 26.9. The summed E-state index contributed by atoms with van der Waals surface area (Å²) in [6.07, 6.45) is 20.4. The summed E-state index contributed by atoms with van der Waals surface area (Å²) >= 11 is 0. The van der Waals surface area contributed by atoms with E-state index in [-0.39, 0.29) is 0 Å². The van der Waals surface area contributed by atoms with Gasteiger partial charge in [0.15, 0.2) is 0 Å². The highest BCUT2D eigenvalue weighted by molar-refractivity contribution is 5.11. The Morgan fingerprint density at radius 3 is 2.12 bits per heavy atom. The Morgan fingerprint density at radius 2 is 1.52 bits per heavy atom. The molecular formula is C25H40. The fraction of sp³-hybridized carbons (Fsp3) is 0.600. The minimum absolute atomic E-state index is 0.629. The van der Waals surface area contributed by atoms with Crippen molar-refractivity contribution in [1.82, 2.24) is 0 Å². The van der Waals surface area contributed by atoms with Gasteiger partial charge in [-0.2, -0.15) is 0 Å². The van der Waals surface area contributed by atoms with Gasteiger partial charge in [0, 0.05) is 0 Å². The van der Waals surface area contributed by atoms with E-state index in [1.807, 2.05) is 0 Å². The molecule has 1 aliphatic carbocycles. The number of hydrogen-bond donors (Lipinski definition) is 0. The van der Waals surface area contributed by atoms with Crippen molar-refractivity contribution in [2.45, 2.75) is 92.4 Å². The zero-order valence-corrected chi connectivity index (χ0v) is 17.5. The maximum absolute atomic E-state index is 4.45. The van der Waals surface area contributed by atoms with E-state index in [4.69, 9.17) is 0 Å². The fourth-order valence-electron chi connectivity index (χ4n) is 3.38. The van der Waals surface area contributed by atoms with Crippen LogP contribution in [0, 0.1) is 5.92 Å². The standard InChI is InChI=1S/C25H40/c1-20(2)10-7-15-24(6)25-18-16-22(4)13-8-11-21(3)12-9-14-23(5)17-19-25/h10-11,14,16,25H,6-9,12-13,15,17-19H2,1-5H3/b21-11-,22-16+,23-14+/t25-/m1/s1. The van der Waals surface area contributed by atoms with Crippen LogP contribution in [0.3, 0.4) is 0 Å². The van der Waals surface area contributed by atoms with E-state index in [2.05, 4.69) is 65.5 Å². The number of allylic oxidation sites excluding steroid dienone is 9. The van der Waals surface area contributed by atoms with Crippen molar-refractivity contribution in [3.8, 4) is 0 Å². The van der Waals surface area contributed by atoms with Crippen LogP contribution in [0.4, 0.5) is 0 Å². The molecule has 0 amide bonds. The SMILES string of the molecule is C=C(CCC=C(C)C)[C@@H]1C/C=C(\C)CC/C=C(/C)CC/C=C(\C)CC1. The van der Waals surface area contributed by atoms with Crippen molar-refractivity contribution < 1.29 is 0 Å². The first-order valence-electron chi connectivity index (χ1n) is 10.2. The highest BCUT2D eigenvalue weighted by atomic mass is 14.2. The van der Waals surface area contributed by atoms with Crippen LogP contribution >= 0.6 is 0 Å². The van der Waals surface area contributed by atoms with E-state index in [1.165, 1.54) is 55.2 Å². The van der Waals surface area contributed by atoms with Crippen LogP contribution in [0.25, 0.3) is 0 Å². The van der Waals surface area contributed by atoms with Crippen LogP contribution in [-0.2, 0) is 0 Å². The Morgan fingerprint density at radius 1 is 0.960 bits per heavy atom. The first kappa shape index (κ1) is 21.7. The van der Waals surface area contributed by atoms with E-state index >= 15 is 0 Å². The van der Waals surface area contributed by atoms with Crippen molar-refractivity contribution in [2.75, 3.05) is 0 Å². The van der Waals surface area contributed by atoms with Crippen LogP contribution in [-0.4, -0.2) is 0 Å². The molecular weight excluding hydrogens is 300 g/mol. The molecule has 0 heterocycles. The van der Waals surface area contributed by atoms with Gasteiger partial charge >= 0.3 is 0 Å². The Kier molecular flexibility index (Phi) is 10.5. The van der Waals surface area contributed by atoms with E-state index < -0.39 is 0 Å². The van der Waals surface area contributed by atoms with E-state index in [0.29, 0.717) is 5.92 Å². The molecule has 0 aliphatic heterocycles. The molecule has 0 aromatic carbocycles. The first-order chi connectivity index (χ1) is 11.9. The lowest BCUT2D eigenvalue weighted by Crippen LogP contribution is -2.04. The van der Waals surface area contributed by atoms with Crippen molar-refractivity contribution in [3.63, 3.8) is 0 Å². The average Bonchev–Trinajstić information content (AvgIpc) is 2.53. The number of rotatable bonds is 4. The van der Waals surface area contributed by atoms with Crippen LogP contribution in [0.2, 0.25) is 0 Å². The van der Waals surface area contributed by atoms with Crippen molar-refractivity contribution >= 4 is 0 Å². The van der Waals surface area contributed by atoms with Gasteiger partial charge in [-0.3, -0.25) is 0 Å². The summed E-state index contributed by atoms with van der Waals surface area (Å²) < 4.78 is 0. The lowest BCUT2D eigenvalue weighted by atomic mass is 9.86. The van der Waals surface area contributed by atoms with Crippen molar-refractivity contribution in [1.29, 1.82) is 0 Å². The van der Waals surface area contributed by atoms with E-state index in [1.54, 1.807) is 11.1 Å². The molecule has 1 aliphatic rings. The molecule has 0 aromatic heterocycles. The Hall–Kier alpha value is -1.30. The molecule has 0 N–H and O–H groups in total. The molecule has 0 radical (unpaired) electrons. The fourth-order valence-corrected chi connectivity index (χ4v) is 3.38. The summed E-state index contributed by atoms with van der Waals surface area (Å²) in [6, 6.07) is 0. The minimum atomic E-state index is 0.629. The van der Waals surface area contributed by atoms with Crippen molar-refractivity contribution in [3.05, 3.63) is 58.7 Å². The van der Waals surface area contributed by atoms with Gasteiger partial charge in [-0.25, -0.2) is 0 Å². The molecule has 0 spiro atoms. The monoisotopic (exact) mass is 340 g/mol. The molecule has 0 nitrogen and oxygen atoms in total. The van der Waals surface area contributed by atoms with E-state index in [0.717, 1.165) is 19.3 Å². The average molecular weight is 341 g/mol. The highest BCUT2D eigenvalue weighted by Crippen LogP contribution is 2.27. The second-order valence-electron chi connectivity index (χ2n) is 8.18. The molecule has 140 valence electrons. The van der Waals surface area contributed by atoms with Crippen LogP contribution in [0.15, 0.2) is 58.7 Å². The quantitative estimate of drug-likeness (QED) is 0.450. The summed E-state index contributed by atoms with van der Waals surface area (Å²) in [7, 11) is 0. The summed E-state index contributed by atoms with van der Waals surface area (Å²) in [5.74, 6) is 0.629. The predicted molar refractivity (Wildman–Crippen MR) is 115 cm³/mol. The maximum atomic E-state index is 4.45. The van der Waals surface area contributed by atoms with Gasteiger partial charge in [-0.15, -0.1) is 0 Å². The lowest BCUT2D eigenvalue weighted by Gasteiger charge is -2.19. The van der Waals surface area contributed by atoms with Crippen LogP contribution in [0.1, 0.15) is 92.4 Å².